The number of carbonyl (C=O) groups is 6. The highest BCUT2D eigenvalue weighted by molar-refractivity contribution is 14.1. The Morgan fingerprint density at radius 2 is 0.730 bits per heavy atom. The Bertz CT molecular complexity index is 2170. The van der Waals surface area contributed by atoms with Gasteiger partial charge >= 0.3 is 35.8 Å². The monoisotopic (exact) mass is 1340 g/mol. The molecule has 0 aromatic heterocycles. The summed E-state index contributed by atoms with van der Waals surface area (Å²) in [5.74, 6) is -3.22. The van der Waals surface area contributed by atoms with Gasteiger partial charge in [-0.2, -0.15) is 0 Å². The van der Waals surface area contributed by atoms with Crippen LogP contribution in [0.3, 0.4) is 0 Å². The number of carbonyl (C=O) groups excluding carboxylic acids is 6. The molecule has 14 nitrogen and oxygen atoms in total. The maximum Gasteiger partial charge on any atom is 0.311 e. The second kappa shape index (κ2) is 27.3. The molecular weight excluding hydrogens is 1260 g/mol. The number of alkyl halides is 1. The maximum absolute atomic E-state index is 13.0. The number of hydrogen-bond donors (Lipinski definition) is 0. The lowest BCUT2D eigenvalue weighted by molar-refractivity contribution is -0.240. The smallest absolute Gasteiger partial charge is 0.311 e. The molecular formula is C56H82Br3IO14. The van der Waals surface area contributed by atoms with Crippen molar-refractivity contribution in [2.75, 3.05) is 13.2 Å². The zero-order valence-electron chi connectivity index (χ0n) is 47.0. The molecule has 0 aliphatic carbocycles. The van der Waals surface area contributed by atoms with Crippen LogP contribution in [-0.2, 0) is 66.7 Å². The SMILES string of the molecule is Brc1ccc(I)cc1.C[C@H]1[C@@H](OC(=O)C(C)(C)C)[C@H](OC(=O)C(C)(C)C)[C@@H](COC(=O)C(C)(C)C)O[C@@H]1Br.C[C@H]1[C@@H](OC(=O)C(C)(C)C)[C@H](OC(=O)C(C)(C)C)[C@@H](COC(=O)C(C)(C)C)O[C@@H]1c1ccc(Br)cc1. The van der Waals surface area contributed by atoms with Gasteiger partial charge in [0.25, 0.3) is 0 Å². The summed E-state index contributed by atoms with van der Waals surface area (Å²) in [5.41, 5.74) is -3.59. The van der Waals surface area contributed by atoms with Crippen LogP contribution < -0.4 is 0 Å². The average Bonchev–Trinajstić information content (AvgIpc) is 3.25. The van der Waals surface area contributed by atoms with Gasteiger partial charge in [-0.25, -0.2) is 0 Å². The maximum atomic E-state index is 13.0. The van der Waals surface area contributed by atoms with Gasteiger partial charge in [-0.05, 0) is 189 Å². The van der Waals surface area contributed by atoms with E-state index in [9.17, 15) is 28.8 Å². The van der Waals surface area contributed by atoms with Gasteiger partial charge in [0.1, 0.15) is 42.6 Å². The summed E-state index contributed by atoms with van der Waals surface area (Å²) in [7, 11) is 0. The molecule has 0 saturated carbocycles. The molecule has 74 heavy (non-hydrogen) atoms. The highest BCUT2D eigenvalue weighted by Gasteiger charge is 2.52. The molecule has 18 heteroatoms. The van der Waals surface area contributed by atoms with Gasteiger partial charge in [-0.3, -0.25) is 28.8 Å². The van der Waals surface area contributed by atoms with E-state index in [1.165, 1.54) is 3.57 Å². The summed E-state index contributed by atoms with van der Waals surface area (Å²) in [5, 5.41) is -0.474. The molecule has 10 atom stereocenters. The fraction of sp³-hybridized carbons (Fsp3) is 0.679. The van der Waals surface area contributed by atoms with Crippen molar-refractivity contribution in [3.63, 3.8) is 0 Å². The zero-order chi connectivity index (χ0) is 57.3. The summed E-state index contributed by atoms with van der Waals surface area (Å²) < 4.78 is 50.3. The van der Waals surface area contributed by atoms with Crippen LogP contribution in [0.15, 0.2) is 57.5 Å². The zero-order valence-corrected chi connectivity index (χ0v) is 53.9. The van der Waals surface area contributed by atoms with Gasteiger partial charge in [0, 0.05) is 24.4 Å². The second-order valence-electron chi connectivity index (χ2n) is 25.0. The largest absolute Gasteiger partial charge is 0.462 e. The molecule has 0 spiro atoms. The number of benzene rings is 2. The van der Waals surface area contributed by atoms with E-state index in [0.717, 1.165) is 14.5 Å². The van der Waals surface area contributed by atoms with E-state index >= 15 is 0 Å². The van der Waals surface area contributed by atoms with Crippen molar-refractivity contribution in [1.82, 2.24) is 0 Å². The van der Waals surface area contributed by atoms with E-state index < -0.39 is 116 Å². The van der Waals surface area contributed by atoms with Crippen molar-refractivity contribution in [3.8, 4) is 0 Å². The minimum absolute atomic E-state index is 0.128. The molecule has 2 saturated heterocycles. The topological polar surface area (TPSA) is 176 Å². The first kappa shape index (κ1) is 67.5. The van der Waals surface area contributed by atoms with Gasteiger partial charge in [-0.1, -0.05) is 73.8 Å². The average molecular weight is 1350 g/mol. The predicted octanol–water partition coefficient (Wildman–Crippen LogP) is 13.3. The van der Waals surface area contributed by atoms with E-state index in [0.29, 0.717) is 0 Å². The third kappa shape index (κ3) is 21.3. The lowest BCUT2D eigenvalue weighted by Crippen LogP contribution is -2.58. The van der Waals surface area contributed by atoms with Crippen molar-refractivity contribution in [3.05, 3.63) is 66.6 Å². The van der Waals surface area contributed by atoms with Crippen molar-refractivity contribution in [2.24, 2.45) is 44.3 Å². The number of halogens is 4. The minimum atomic E-state index is -0.961. The molecule has 2 aromatic carbocycles. The van der Waals surface area contributed by atoms with E-state index in [4.69, 9.17) is 37.9 Å². The number of esters is 6. The predicted molar refractivity (Wildman–Crippen MR) is 303 cm³/mol. The first-order chi connectivity index (χ1) is 33.5. The normalized spacial score (nSPS) is 24.5. The van der Waals surface area contributed by atoms with Crippen LogP contribution in [-0.4, -0.2) is 90.7 Å². The summed E-state index contributed by atoms with van der Waals surface area (Å²) in [6, 6.07) is 15.8. The molecule has 2 heterocycles. The Balaban J connectivity index is 0.000000444. The summed E-state index contributed by atoms with van der Waals surface area (Å²) in [6.07, 6.45) is -5.58. The first-order valence-electron chi connectivity index (χ1n) is 24.8. The van der Waals surface area contributed by atoms with Crippen LogP contribution in [0.25, 0.3) is 0 Å². The summed E-state index contributed by atoms with van der Waals surface area (Å²) in [6.45, 7) is 35.0. The van der Waals surface area contributed by atoms with Gasteiger partial charge in [0.15, 0.2) is 12.2 Å². The quantitative estimate of drug-likeness (QED) is 0.100. The Morgan fingerprint density at radius 1 is 0.446 bits per heavy atom. The lowest BCUT2D eigenvalue weighted by Gasteiger charge is -2.45. The number of rotatable bonds is 9. The van der Waals surface area contributed by atoms with Crippen molar-refractivity contribution in [2.45, 2.75) is 186 Å². The van der Waals surface area contributed by atoms with Gasteiger partial charge in [0.2, 0.25) is 0 Å². The molecule has 0 radical (unpaired) electrons. The van der Waals surface area contributed by atoms with E-state index in [1.807, 2.05) is 50.2 Å². The van der Waals surface area contributed by atoms with Crippen LogP contribution >= 0.6 is 70.4 Å². The molecule has 2 fully saturated rings. The molecule has 0 unspecified atom stereocenters. The van der Waals surface area contributed by atoms with Gasteiger partial charge in [-0.15, -0.1) is 0 Å². The Kier molecular flexibility index (Phi) is 24.9. The molecule has 0 N–H and O–H groups in total. The van der Waals surface area contributed by atoms with E-state index in [1.54, 1.807) is 125 Å². The van der Waals surface area contributed by atoms with Crippen LogP contribution in [0.5, 0.6) is 0 Å². The minimum Gasteiger partial charge on any atom is -0.462 e. The van der Waals surface area contributed by atoms with Crippen molar-refractivity contribution >= 4 is 106 Å². The molecule has 2 aromatic rings. The first-order valence-corrected chi connectivity index (χ1v) is 28.3. The lowest BCUT2D eigenvalue weighted by atomic mass is 9.84. The number of ether oxygens (including phenoxy) is 8. The van der Waals surface area contributed by atoms with Gasteiger partial charge < -0.3 is 37.9 Å². The third-order valence-electron chi connectivity index (χ3n) is 11.3. The molecule has 0 bridgehead atoms. The molecule has 2 aliphatic rings. The number of hydrogen-bond acceptors (Lipinski definition) is 14. The highest BCUT2D eigenvalue weighted by Crippen LogP contribution is 2.42. The molecule has 0 amide bonds. The Labute approximate surface area is 479 Å². The highest BCUT2D eigenvalue weighted by atomic mass is 127. The fourth-order valence-electron chi connectivity index (χ4n) is 6.42. The van der Waals surface area contributed by atoms with Crippen molar-refractivity contribution < 1.29 is 66.7 Å². The van der Waals surface area contributed by atoms with Crippen LogP contribution in [0.1, 0.15) is 150 Å². The van der Waals surface area contributed by atoms with Crippen LogP contribution in [0.2, 0.25) is 0 Å². The second-order valence-corrected chi connectivity index (χ2v) is 29.0. The summed E-state index contributed by atoms with van der Waals surface area (Å²) >= 11 is 12.5. The summed E-state index contributed by atoms with van der Waals surface area (Å²) in [4.78, 5) is 76.1. The third-order valence-corrected chi connectivity index (χ3v) is 14.2. The molecule has 2 aliphatic heterocycles. The van der Waals surface area contributed by atoms with Crippen LogP contribution in [0.4, 0.5) is 0 Å². The molecule has 418 valence electrons. The molecule has 4 rings (SSSR count). The van der Waals surface area contributed by atoms with Crippen LogP contribution in [0, 0.1) is 47.9 Å². The Hall–Kier alpha value is -2.65. The van der Waals surface area contributed by atoms with Crippen molar-refractivity contribution in [1.29, 1.82) is 0 Å². The fourth-order valence-corrected chi connectivity index (χ4v) is 7.88. The van der Waals surface area contributed by atoms with E-state index in [-0.39, 0.29) is 25.0 Å². The van der Waals surface area contributed by atoms with E-state index in [2.05, 4.69) is 82.5 Å². The van der Waals surface area contributed by atoms with Gasteiger partial charge in [0.05, 0.1) is 38.6 Å². The standard InChI is InChI=1S/C28H41BrO7.C22H37BrO7.C6H4BrI/c1-16-20(17-11-13-18(29)14-12-17)34-19(15-33-23(30)26(2,3)4)22(36-25(32)28(8,9)10)21(16)35-24(31)27(5,6)7;1-12-14(29-18(25)21(5,6)7)15(30-19(26)22(8,9)10)13(28-16(12)23)11-27-17(24)20(2,3)4;7-5-1-3-6(8)4-2-5/h11-14,16,19-22H,15H2,1-10H3;12-16H,11H2,1-10H3;1-4H/t16-,19-,20+,21-,22-;12-,13+,14+,15+,16-;/m10./s1. The Morgan fingerprint density at radius 3 is 1.04 bits per heavy atom.